The summed E-state index contributed by atoms with van der Waals surface area (Å²) in [6.45, 7) is 4.50. The second kappa shape index (κ2) is 6.00. The minimum absolute atomic E-state index is 0.101. The number of likely N-dealkylation sites (N-methyl/N-ethyl adjacent to an activating group) is 1. The summed E-state index contributed by atoms with van der Waals surface area (Å²) in [5.74, 6) is 0.101. The first-order valence-corrected chi connectivity index (χ1v) is 7.65. The van der Waals surface area contributed by atoms with Gasteiger partial charge in [0.2, 0.25) is 0 Å². The van der Waals surface area contributed by atoms with Crippen LogP contribution in [-0.2, 0) is 9.53 Å². The van der Waals surface area contributed by atoms with Crippen molar-refractivity contribution >= 4 is 5.91 Å². The van der Waals surface area contributed by atoms with Crippen LogP contribution in [0.15, 0.2) is 0 Å². The molecule has 2 heterocycles. The standard InChI is InChI=1S/C15H28N2O3/c1-14(6-4-5-11-20-14)13(18)17-9-7-15(19,8-10-17)12-16(2)3/h19H,4-12H2,1-3H3. The van der Waals surface area contributed by atoms with E-state index in [0.717, 1.165) is 19.3 Å². The summed E-state index contributed by atoms with van der Waals surface area (Å²) >= 11 is 0. The van der Waals surface area contributed by atoms with Crippen molar-refractivity contribution < 1.29 is 14.6 Å². The predicted octanol–water partition coefficient (Wildman–Crippen LogP) is 0.861. The molecule has 5 heteroatoms. The number of carbonyl (C=O) groups is 1. The topological polar surface area (TPSA) is 53.0 Å². The van der Waals surface area contributed by atoms with Gasteiger partial charge >= 0.3 is 0 Å². The normalized spacial score (nSPS) is 30.6. The van der Waals surface area contributed by atoms with Crippen LogP contribution in [0, 0.1) is 0 Å². The van der Waals surface area contributed by atoms with Gasteiger partial charge in [-0.1, -0.05) is 0 Å². The third kappa shape index (κ3) is 3.51. The highest BCUT2D eigenvalue weighted by Crippen LogP contribution is 2.30. The van der Waals surface area contributed by atoms with Crippen LogP contribution in [0.1, 0.15) is 39.0 Å². The maximum Gasteiger partial charge on any atom is 0.254 e. The molecule has 2 saturated heterocycles. The smallest absolute Gasteiger partial charge is 0.254 e. The predicted molar refractivity (Wildman–Crippen MR) is 77.5 cm³/mol. The highest BCUT2D eigenvalue weighted by atomic mass is 16.5. The Bertz CT molecular complexity index is 343. The molecule has 0 spiro atoms. The Balaban J connectivity index is 1.91. The summed E-state index contributed by atoms with van der Waals surface area (Å²) < 4.78 is 5.74. The Kier molecular flexibility index (Phi) is 4.72. The molecule has 0 aromatic rings. The number of rotatable bonds is 3. The van der Waals surface area contributed by atoms with E-state index in [2.05, 4.69) is 0 Å². The molecule has 1 unspecified atom stereocenters. The molecule has 0 bridgehead atoms. The lowest BCUT2D eigenvalue weighted by Crippen LogP contribution is -2.56. The Morgan fingerprint density at radius 3 is 2.40 bits per heavy atom. The molecule has 1 amide bonds. The van der Waals surface area contributed by atoms with Crippen molar-refractivity contribution in [2.24, 2.45) is 0 Å². The molecule has 2 aliphatic rings. The molecule has 0 aromatic heterocycles. The molecule has 0 aliphatic carbocycles. The SMILES string of the molecule is CN(C)CC1(O)CCN(C(=O)C2(C)CCCCO2)CC1. The Labute approximate surface area is 121 Å². The molecule has 0 aromatic carbocycles. The molecule has 0 radical (unpaired) electrons. The van der Waals surface area contributed by atoms with Crippen LogP contribution in [-0.4, -0.2) is 72.4 Å². The third-order valence-corrected chi connectivity index (χ3v) is 4.51. The zero-order valence-corrected chi connectivity index (χ0v) is 13.0. The highest BCUT2D eigenvalue weighted by molar-refractivity contribution is 5.85. The van der Waals surface area contributed by atoms with Crippen LogP contribution in [0.5, 0.6) is 0 Å². The number of piperidine rings is 1. The maximum atomic E-state index is 12.6. The summed E-state index contributed by atoms with van der Waals surface area (Å²) in [6.07, 6.45) is 4.20. The quantitative estimate of drug-likeness (QED) is 0.835. The molecular formula is C15H28N2O3. The second-order valence-electron chi connectivity index (χ2n) is 6.79. The average molecular weight is 284 g/mol. The van der Waals surface area contributed by atoms with E-state index in [1.54, 1.807) is 0 Å². The molecule has 5 nitrogen and oxygen atoms in total. The summed E-state index contributed by atoms with van der Waals surface area (Å²) in [4.78, 5) is 16.5. The van der Waals surface area contributed by atoms with Crippen LogP contribution in [0.25, 0.3) is 0 Å². The molecule has 2 rings (SSSR count). The van der Waals surface area contributed by atoms with E-state index >= 15 is 0 Å². The van der Waals surface area contributed by atoms with E-state index in [1.807, 2.05) is 30.8 Å². The number of ether oxygens (including phenoxy) is 1. The van der Waals surface area contributed by atoms with Crippen LogP contribution in [0.3, 0.4) is 0 Å². The monoisotopic (exact) mass is 284 g/mol. The number of hydrogen-bond donors (Lipinski definition) is 1. The van der Waals surface area contributed by atoms with Gasteiger partial charge < -0.3 is 19.6 Å². The van der Waals surface area contributed by atoms with E-state index in [0.29, 0.717) is 39.1 Å². The number of amides is 1. The molecule has 116 valence electrons. The molecule has 1 N–H and O–H groups in total. The van der Waals surface area contributed by atoms with Gasteiger partial charge in [-0.2, -0.15) is 0 Å². The lowest BCUT2D eigenvalue weighted by molar-refractivity contribution is -0.165. The zero-order chi connectivity index (χ0) is 14.8. The Morgan fingerprint density at radius 1 is 1.25 bits per heavy atom. The van der Waals surface area contributed by atoms with Crippen LogP contribution >= 0.6 is 0 Å². The fourth-order valence-corrected chi connectivity index (χ4v) is 3.31. The van der Waals surface area contributed by atoms with Crippen molar-refractivity contribution in [2.75, 3.05) is 40.3 Å². The van der Waals surface area contributed by atoms with Crippen molar-refractivity contribution in [1.29, 1.82) is 0 Å². The summed E-state index contributed by atoms with van der Waals surface area (Å²) in [5, 5.41) is 10.5. The van der Waals surface area contributed by atoms with Gasteiger partial charge in [0.05, 0.1) is 5.60 Å². The molecule has 1 atom stereocenters. The minimum Gasteiger partial charge on any atom is -0.388 e. The first kappa shape index (κ1) is 15.7. The Hall–Kier alpha value is -0.650. The minimum atomic E-state index is -0.658. The van der Waals surface area contributed by atoms with Crippen molar-refractivity contribution in [2.45, 2.75) is 50.2 Å². The van der Waals surface area contributed by atoms with Crippen molar-refractivity contribution in [1.82, 2.24) is 9.80 Å². The van der Waals surface area contributed by atoms with E-state index in [-0.39, 0.29) is 5.91 Å². The van der Waals surface area contributed by atoms with Gasteiger partial charge in [0.15, 0.2) is 0 Å². The number of hydrogen-bond acceptors (Lipinski definition) is 4. The van der Waals surface area contributed by atoms with Gasteiger partial charge in [-0.05, 0) is 53.1 Å². The van der Waals surface area contributed by atoms with Gasteiger partial charge in [-0.25, -0.2) is 0 Å². The van der Waals surface area contributed by atoms with Gasteiger partial charge in [0, 0.05) is 26.2 Å². The number of nitrogens with zero attached hydrogens (tertiary/aromatic N) is 2. The lowest BCUT2D eigenvalue weighted by atomic mass is 9.88. The molecular weight excluding hydrogens is 256 g/mol. The van der Waals surface area contributed by atoms with Gasteiger partial charge in [0.1, 0.15) is 5.60 Å². The van der Waals surface area contributed by atoms with Crippen LogP contribution in [0.2, 0.25) is 0 Å². The Morgan fingerprint density at radius 2 is 1.90 bits per heavy atom. The molecule has 20 heavy (non-hydrogen) atoms. The molecule has 2 aliphatic heterocycles. The molecule has 2 fully saturated rings. The van der Waals surface area contributed by atoms with E-state index in [4.69, 9.17) is 4.74 Å². The van der Waals surface area contributed by atoms with Crippen molar-refractivity contribution in [3.8, 4) is 0 Å². The first-order valence-electron chi connectivity index (χ1n) is 7.65. The zero-order valence-electron chi connectivity index (χ0n) is 13.0. The van der Waals surface area contributed by atoms with Crippen LogP contribution in [0.4, 0.5) is 0 Å². The molecule has 0 saturated carbocycles. The number of aliphatic hydroxyl groups is 1. The largest absolute Gasteiger partial charge is 0.388 e. The highest BCUT2D eigenvalue weighted by Gasteiger charge is 2.42. The van der Waals surface area contributed by atoms with Crippen molar-refractivity contribution in [3.63, 3.8) is 0 Å². The number of likely N-dealkylation sites (tertiary alicyclic amines) is 1. The van der Waals surface area contributed by atoms with Gasteiger partial charge in [0.25, 0.3) is 5.91 Å². The fourth-order valence-electron chi connectivity index (χ4n) is 3.31. The number of carbonyl (C=O) groups excluding carboxylic acids is 1. The summed E-state index contributed by atoms with van der Waals surface area (Å²) in [6, 6.07) is 0. The lowest BCUT2D eigenvalue weighted by Gasteiger charge is -2.43. The van der Waals surface area contributed by atoms with Gasteiger partial charge in [-0.15, -0.1) is 0 Å². The third-order valence-electron chi connectivity index (χ3n) is 4.51. The van der Waals surface area contributed by atoms with E-state index < -0.39 is 11.2 Å². The van der Waals surface area contributed by atoms with E-state index in [9.17, 15) is 9.90 Å². The van der Waals surface area contributed by atoms with Crippen LogP contribution < -0.4 is 0 Å². The fraction of sp³-hybridized carbons (Fsp3) is 0.933. The second-order valence-corrected chi connectivity index (χ2v) is 6.79. The maximum absolute atomic E-state index is 12.6. The average Bonchev–Trinajstić information content (AvgIpc) is 2.38. The van der Waals surface area contributed by atoms with E-state index in [1.165, 1.54) is 0 Å². The summed E-state index contributed by atoms with van der Waals surface area (Å²) in [7, 11) is 3.93. The van der Waals surface area contributed by atoms with Gasteiger partial charge in [-0.3, -0.25) is 4.79 Å². The van der Waals surface area contributed by atoms with Crippen molar-refractivity contribution in [3.05, 3.63) is 0 Å². The summed E-state index contributed by atoms with van der Waals surface area (Å²) in [5.41, 5.74) is -1.30. The first-order chi connectivity index (χ1) is 9.35.